The number of carbonyl (C=O) groups is 1. The zero-order valence-electron chi connectivity index (χ0n) is 12.0. The van der Waals surface area contributed by atoms with Crippen molar-refractivity contribution >= 4 is 15.9 Å². The summed E-state index contributed by atoms with van der Waals surface area (Å²) in [6.45, 7) is 3.79. The Morgan fingerprint density at radius 3 is 2.62 bits per heavy atom. The number of amides is 1. The Kier molecular flexibility index (Phi) is 4.34. The maximum Gasteiger partial charge on any atom is 0.222 e. The summed E-state index contributed by atoms with van der Waals surface area (Å²) in [5.74, 6) is -1.75. The first-order valence-corrected chi connectivity index (χ1v) is 8.34. The molecule has 0 saturated carbocycles. The minimum Gasteiger partial charge on any atom is -0.369 e. The highest BCUT2D eigenvalue weighted by Crippen LogP contribution is 2.26. The number of nitrogens with two attached hydrogens (primary N) is 1. The van der Waals surface area contributed by atoms with Gasteiger partial charge in [0.05, 0.1) is 11.7 Å². The second kappa shape index (κ2) is 5.73. The predicted molar refractivity (Wildman–Crippen MR) is 77.2 cm³/mol. The average Bonchev–Trinajstić information content (AvgIpc) is 2.77. The molecular weight excluding hydrogens is 295 g/mol. The van der Waals surface area contributed by atoms with Crippen molar-refractivity contribution in [3.05, 3.63) is 35.1 Å². The van der Waals surface area contributed by atoms with Gasteiger partial charge in [-0.15, -0.1) is 0 Å². The third-order valence-corrected chi connectivity index (χ3v) is 5.71. The molecule has 7 heteroatoms. The molecule has 116 valence electrons. The van der Waals surface area contributed by atoms with E-state index in [0.29, 0.717) is 11.1 Å². The standard InChI is InChI=1S/C14H19FN2O3S/c1-9-3-4-11(5-13(9)15)8-21(19,20)17-6-10(2)12(7-17)14(16)18/h3-5,10,12H,6-8H2,1-2H3,(H2,16,18)/t10-,12-/m1/s1. The normalized spacial score (nSPS) is 23.4. The van der Waals surface area contributed by atoms with E-state index in [1.165, 1.54) is 10.4 Å². The van der Waals surface area contributed by atoms with Crippen molar-refractivity contribution in [1.29, 1.82) is 0 Å². The fraction of sp³-hybridized carbons (Fsp3) is 0.500. The monoisotopic (exact) mass is 314 g/mol. The number of rotatable bonds is 4. The fourth-order valence-electron chi connectivity index (χ4n) is 2.55. The summed E-state index contributed by atoms with van der Waals surface area (Å²) in [7, 11) is -3.58. The molecule has 0 aliphatic carbocycles. The lowest BCUT2D eigenvalue weighted by atomic mass is 9.98. The number of hydrogen-bond donors (Lipinski definition) is 1. The first-order chi connectivity index (χ1) is 9.70. The molecule has 1 amide bonds. The van der Waals surface area contributed by atoms with Crippen LogP contribution in [0.3, 0.4) is 0 Å². The van der Waals surface area contributed by atoms with E-state index in [2.05, 4.69) is 0 Å². The van der Waals surface area contributed by atoms with E-state index in [0.717, 1.165) is 0 Å². The first-order valence-electron chi connectivity index (χ1n) is 6.73. The van der Waals surface area contributed by atoms with Crippen LogP contribution in [0, 0.1) is 24.6 Å². The van der Waals surface area contributed by atoms with Crippen LogP contribution in [-0.4, -0.2) is 31.7 Å². The van der Waals surface area contributed by atoms with Gasteiger partial charge in [-0.3, -0.25) is 4.79 Å². The molecule has 2 rings (SSSR count). The van der Waals surface area contributed by atoms with Gasteiger partial charge in [0.25, 0.3) is 0 Å². The highest BCUT2D eigenvalue weighted by molar-refractivity contribution is 7.88. The zero-order chi connectivity index (χ0) is 15.8. The summed E-state index contributed by atoms with van der Waals surface area (Å²) < 4.78 is 39.5. The number of benzene rings is 1. The summed E-state index contributed by atoms with van der Waals surface area (Å²) in [5, 5.41) is 0. The number of carbonyl (C=O) groups excluding carboxylic acids is 1. The van der Waals surface area contributed by atoms with Crippen LogP contribution in [0.2, 0.25) is 0 Å². The molecule has 5 nitrogen and oxygen atoms in total. The van der Waals surface area contributed by atoms with Gasteiger partial charge in [0, 0.05) is 13.1 Å². The summed E-state index contributed by atoms with van der Waals surface area (Å²) in [5.41, 5.74) is 6.14. The summed E-state index contributed by atoms with van der Waals surface area (Å²) in [6, 6.07) is 4.39. The Balaban J connectivity index is 2.16. The molecule has 1 fully saturated rings. The molecule has 0 radical (unpaired) electrons. The van der Waals surface area contributed by atoms with Gasteiger partial charge in [0.15, 0.2) is 0 Å². The lowest BCUT2D eigenvalue weighted by Crippen LogP contribution is -2.32. The SMILES string of the molecule is Cc1ccc(CS(=O)(=O)N2C[C@@H](C)[C@H](C(N)=O)C2)cc1F. The molecule has 0 bridgehead atoms. The van der Waals surface area contributed by atoms with Gasteiger partial charge in [-0.2, -0.15) is 0 Å². The number of sulfonamides is 1. The van der Waals surface area contributed by atoms with Gasteiger partial charge >= 0.3 is 0 Å². The second-order valence-corrected chi connectivity index (χ2v) is 7.61. The van der Waals surface area contributed by atoms with E-state index in [4.69, 9.17) is 5.73 Å². The Labute approximate surface area is 124 Å². The topological polar surface area (TPSA) is 80.5 Å². The number of halogens is 1. The highest BCUT2D eigenvalue weighted by atomic mass is 32.2. The fourth-order valence-corrected chi connectivity index (χ4v) is 4.18. The van der Waals surface area contributed by atoms with E-state index >= 15 is 0 Å². The molecule has 1 aliphatic rings. The maximum absolute atomic E-state index is 13.5. The molecule has 1 saturated heterocycles. The smallest absolute Gasteiger partial charge is 0.222 e. The maximum atomic E-state index is 13.5. The molecule has 1 aromatic carbocycles. The quantitative estimate of drug-likeness (QED) is 0.901. The van der Waals surface area contributed by atoms with Crippen molar-refractivity contribution in [2.75, 3.05) is 13.1 Å². The Morgan fingerprint density at radius 2 is 2.10 bits per heavy atom. The van der Waals surface area contributed by atoms with E-state index in [1.807, 2.05) is 0 Å². The van der Waals surface area contributed by atoms with E-state index in [1.54, 1.807) is 26.0 Å². The molecule has 0 aromatic heterocycles. The Bertz CT molecular complexity index is 660. The minimum absolute atomic E-state index is 0.104. The largest absolute Gasteiger partial charge is 0.369 e. The predicted octanol–water partition coefficient (Wildman–Crippen LogP) is 1.02. The van der Waals surface area contributed by atoms with E-state index in [-0.39, 0.29) is 24.8 Å². The van der Waals surface area contributed by atoms with Crippen LogP contribution >= 0.6 is 0 Å². The second-order valence-electron chi connectivity index (χ2n) is 5.64. The third-order valence-electron chi connectivity index (χ3n) is 3.92. The van der Waals surface area contributed by atoms with Crippen LogP contribution in [0.5, 0.6) is 0 Å². The van der Waals surface area contributed by atoms with Crippen molar-refractivity contribution in [3.8, 4) is 0 Å². The summed E-state index contributed by atoms with van der Waals surface area (Å²) >= 11 is 0. The van der Waals surface area contributed by atoms with Crippen LogP contribution < -0.4 is 5.73 Å². The number of nitrogens with zero attached hydrogens (tertiary/aromatic N) is 1. The van der Waals surface area contributed by atoms with Crippen LogP contribution in [0.4, 0.5) is 4.39 Å². The molecular formula is C14H19FN2O3S. The van der Waals surface area contributed by atoms with Crippen molar-refractivity contribution in [3.63, 3.8) is 0 Å². The van der Waals surface area contributed by atoms with Gasteiger partial charge < -0.3 is 5.73 Å². The Morgan fingerprint density at radius 1 is 1.43 bits per heavy atom. The van der Waals surface area contributed by atoms with E-state index in [9.17, 15) is 17.6 Å². The van der Waals surface area contributed by atoms with Gasteiger partial charge in [0.2, 0.25) is 15.9 Å². The van der Waals surface area contributed by atoms with Crippen molar-refractivity contribution in [2.45, 2.75) is 19.6 Å². The van der Waals surface area contributed by atoms with Crippen LogP contribution in [-0.2, 0) is 20.6 Å². The molecule has 1 aromatic rings. The third kappa shape index (κ3) is 3.41. The minimum atomic E-state index is -3.58. The number of hydrogen-bond acceptors (Lipinski definition) is 3. The van der Waals surface area contributed by atoms with E-state index < -0.39 is 27.7 Å². The number of aryl methyl sites for hydroxylation is 1. The van der Waals surface area contributed by atoms with Gasteiger partial charge in [-0.25, -0.2) is 17.1 Å². The van der Waals surface area contributed by atoms with Crippen LogP contribution in [0.1, 0.15) is 18.1 Å². The lowest BCUT2D eigenvalue weighted by molar-refractivity contribution is -0.122. The van der Waals surface area contributed by atoms with Gasteiger partial charge in [-0.1, -0.05) is 19.1 Å². The van der Waals surface area contributed by atoms with Crippen LogP contribution in [0.25, 0.3) is 0 Å². The Hall–Kier alpha value is -1.47. The molecule has 1 heterocycles. The van der Waals surface area contributed by atoms with Crippen molar-refractivity contribution in [2.24, 2.45) is 17.6 Å². The van der Waals surface area contributed by atoms with Gasteiger partial charge in [-0.05, 0) is 30.0 Å². The summed E-state index contributed by atoms with van der Waals surface area (Å²) in [6.07, 6.45) is 0. The lowest BCUT2D eigenvalue weighted by Gasteiger charge is -2.16. The molecule has 0 unspecified atom stereocenters. The molecule has 2 N–H and O–H groups in total. The van der Waals surface area contributed by atoms with Crippen molar-refractivity contribution < 1.29 is 17.6 Å². The first kappa shape index (κ1) is 15.9. The average molecular weight is 314 g/mol. The molecule has 2 atom stereocenters. The van der Waals surface area contributed by atoms with Gasteiger partial charge in [0.1, 0.15) is 5.82 Å². The highest BCUT2D eigenvalue weighted by Gasteiger charge is 2.39. The zero-order valence-corrected chi connectivity index (χ0v) is 12.9. The number of primary amides is 1. The van der Waals surface area contributed by atoms with Crippen molar-refractivity contribution in [1.82, 2.24) is 4.31 Å². The molecule has 21 heavy (non-hydrogen) atoms. The molecule has 0 spiro atoms. The van der Waals surface area contributed by atoms with Crippen LogP contribution in [0.15, 0.2) is 18.2 Å². The molecule has 1 aliphatic heterocycles. The summed E-state index contributed by atoms with van der Waals surface area (Å²) in [4.78, 5) is 11.3.